The summed E-state index contributed by atoms with van der Waals surface area (Å²) in [6, 6.07) is 0.166. The summed E-state index contributed by atoms with van der Waals surface area (Å²) in [6.07, 6.45) is 1.99. The first-order valence-electron chi connectivity index (χ1n) is 4.91. The molecule has 0 fully saturated rings. The highest BCUT2D eigenvalue weighted by Gasteiger charge is 2.11. The van der Waals surface area contributed by atoms with E-state index in [-0.39, 0.29) is 11.2 Å². The monoisotopic (exact) mass is 242 g/mol. The minimum Gasteiger partial charge on any atom is -0.366 e. The lowest BCUT2D eigenvalue weighted by molar-refractivity contribution is 0.112. The van der Waals surface area contributed by atoms with Gasteiger partial charge >= 0.3 is 0 Å². The van der Waals surface area contributed by atoms with Crippen molar-refractivity contribution in [3.63, 3.8) is 0 Å². The Labute approximate surface area is 99.8 Å². The molecule has 1 heterocycles. The topological polar surface area (TPSA) is 58.1 Å². The predicted molar refractivity (Wildman–Crippen MR) is 64.1 cm³/mol. The number of carbonyl (C=O) groups excluding carboxylic acids is 1. The second-order valence-corrected chi connectivity index (χ2v) is 4.21. The molecule has 0 aliphatic carbocycles. The minimum absolute atomic E-state index is 0.166. The number of halogens is 1. The molecule has 6 heteroatoms. The molecule has 0 saturated carbocycles. The molecule has 0 aliphatic heterocycles. The largest absolute Gasteiger partial charge is 0.366 e. The lowest BCUT2D eigenvalue weighted by Gasteiger charge is -2.19. The number of likely N-dealkylation sites (N-methyl/N-ethyl adjacent to an activating group) is 1. The van der Waals surface area contributed by atoms with E-state index in [1.54, 1.807) is 0 Å². The number of anilines is 1. The molecule has 0 aliphatic rings. The van der Waals surface area contributed by atoms with Crippen LogP contribution in [0, 0.1) is 0 Å². The van der Waals surface area contributed by atoms with Crippen molar-refractivity contribution in [2.45, 2.75) is 13.0 Å². The normalized spacial score (nSPS) is 12.6. The van der Waals surface area contributed by atoms with Gasteiger partial charge in [-0.1, -0.05) is 11.6 Å². The third-order valence-electron chi connectivity index (χ3n) is 1.98. The Morgan fingerprint density at radius 2 is 2.25 bits per heavy atom. The Bertz CT molecular complexity index is 370. The highest BCUT2D eigenvalue weighted by atomic mass is 35.5. The molecule has 88 valence electrons. The zero-order chi connectivity index (χ0) is 12.1. The molecule has 1 unspecified atom stereocenters. The maximum absolute atomic E-state index is 10.8. The van der Waals surface area contributed by atoms with Crippen molar-refractivity contribution in [3.05, 3.63) is 17.0 Å². The summed E-state index contributed by atoms with van der Waals surface area (Å²) in [6.45, 7) is 2.84. The van der Waals surface area contributed by atoms with E-state index < -0.39 is 0 Å². The highest BCUT2D eigenvalue weighted by Crippen LogP contribution is 2.17. The maximum atomic E-state index is 10.8. The summed E-state index contributed by atoms with van der Waals surface area (Å²) < 4.78 is 0. The van der Waals surface area contributed by atoms with Crippen LogP contribution in [0.4, 0.5) is 5.82 Å². The van der Waals surface area contributed by atoms with Crippen LogP contribution >= 0.6 is 11.6 Å². The van der Waals surface area contributed by atoms with E-state index in [0.29, 0.717) is 17.7 Å². The number of rotatable bonds is 5. The Morgan fingerprint density at radius 1 is 1.56 bits per heavy atom. The maximum Gasteiger partial charge on any atom is 0.156 e. The molecule has 0 spiro atoms. The van der Waals surface area contributed by atoms with E-state index in [1.807, 2.05) is 25.9 Å². The van der Waals surface area contributed by atoms with Crippen LogP contribution in [0.2, 0.25) is 5.15 Å². The van der Waals surface area contributed by atoms with Crippen molar-refractivity contribution >= 4 is 23.7 Å². The van der Waals surface area contributed by atoms with Crippen molar-refractivity contribution in [1.29, 1.82) is 0 Å². The molecule has 0 bridgehead atoms. The van der Waals surface area contributed by atoms with Gasteiger partial charge in [0.2, 0.25) is 0 Å². The highest BCUT2D eigenvalue weighted by molar-refractivity contribution is 6.32. The van der Waals surface area contributed by atoms with E-state index in [9.17, 15) is 4.79 Å². The van der Waals surface area contributed by atoms with Crippen molar-refractivity contribution in [2.75, 3.05) is 26.0 Å². The molecule has 1 aromatic heterocycles. The zero-order valence-electron chi connectivity index (χ0n) is 9.57. The van der Waals surface area contributed by atoms with Crippen LogP contribution in [0.25, 0.3) is 0 Å². The Kier molecular flexibility index (Phi) is 4.64. The van der Waals surface area contributed by atoms with E-state index in [0.717, 1.165) is 6.54 Å². The number of nitrogens with one attached hydrogen (secondary N) is 1. The summed E-state index contributed by atoms with van der Waals surface area (Å²) >= 11 is 5.79. The third kappa shape index (κ3) is 3.43. The molecular formula is C10H15ClN4O. The molecule has 1 N–H and O–H groups in total. The number of hydrogen-bond acceptors (Lipinski definition) is 5. The van der Waals surface area contributed by atoms with Crippen LogP contribution in [0.3, 0.4) is 0 Å². The van der Waals surface area contributed by atoms with E-state index >= 15 is 0 Å². The number of carbonyl (C=O) groups is 1. The molecule has 0 amide bonds. The molecule has 0 radical (unpaired) electrons. The lowest BCUT2D eigenvalue weighted by atomic mass is 10.3. The van der Waals surface area contributed by atoms with Crippen molar-refractivity contribution in [3.8, 4) is 0 Å². The van der Waals surface area contributed by atoms with Crippen LogP contribution in [0.15, 0.2) is 6.33 Å². The van der Waals surface area contributed by atoms with Gasteiger partial charge in [0.1, 0.15) is 17.3 Å². The fourth-order valence-corrected chi connectivity index (χ4v) is 1.60. The SMILES string of the molecule is CC(CN(C)C)Nc1ncnc(Cl)c1C=O. The van der Waals surface area contributed by atoms with Gasteiger partial charge in [0.25, 0.3) is 0 Å². The fourth-order valence-electron chi connectivity index (χ4n) is 1.42. The standard InChI is InChI=1S/C10H15ClN4O/c1-7(4-15(2)3)14-10-8(5-16)9(11)12-6-13-10/h5-7H,4H2,1-3H3,(H,12,13,14). The Hall–Kier alpha value is -1.20. The number of aromatic nitrogens is 2. The summed E-state index contributed by atoms with van der Waals surface area (Å²) in [5, 5.41) is 3.30. The van der Waals surface area contributed by atoms with Crippen molar-refractivity contribution in [1.82, 2.24) is 14.9 Å². The van der Waals surface area contributed by atoms with Gasteiger partial charge in [0.15, 0.2) is 6.29 Å². The molecular weight excluding hydrogens is 228 g/mol. The molecule has 0 aromatic carbocycles. The lowest BCUT2D eigenvalue weighted by Crippen LogP contribution is -2.30. The summed E-state index contributed by atoms with van der Waals surface area (Å²) in [4.78, 5) is 20.6. The van der Waals surface area contributed by atoms with E-state index in [2.05, 4.69) is 15.3 Å². The van der Waals surface area contributed by atoms with Crippen LogP contribution in [-0.2, 0) is 0 Å². The fraction of sp³-hybridized carbons (Fsp3) is 0.500. The molecule has 16 heavy (non-hydrogen) atoms. The number of nitrogens with zero attached hydrogens (tertiary/aromatic N) is 3. The average Bonchev–Trinajstić information content (AvgIpc) is 2.16. The summed E-state index contributed by atoms with van der Waals surface area (Å²) in [5.41, 5.74) is 0.301. The Balaban J connectivity index is 2.80. The van der Waals surface area contributed by atoms with Crippen molar-refractivity contribution < 1.29 is 4.79 Å². The molecule has 5 nitrogen and oxygen atoms in total. The van der Waals surface area contributed by atoms with Crippen molar-refractivity contribution in [2.24, 2.45) is 0 Å². The predicted octanol–water partition coefficient (Wildman–Crippen LogP) is 1.30. The first-order valence-corrected chi connectivity index (χ1v) is 5.29. The van der Waals surface area contributed by atoms with Gasteiger partial charge in [-0.3, -0.25) is 4.79 Å². The van der Waals surface area contributed by atoms with Gasteiger partial charge in [0.05, 0.1) is 5.56 Å². The van der Waals surface area contributed by atoms with Crippen LogP contribution in [0.1, 0.15) is 17.3 Å². The molecule has 0 saturated heterocycles. The van der Waals surface area contributed by atoms with Crippen LogP contribution in [-0.4, -0.2) is 47.8 Å². The molecule has 1 rings (SSSR count). The number of aldehydes is 1. The summed E-state index contributed by atoms with van der Waals surface area (Å²) in [7, 11) is 3.96. The minimum atomic E-state index is 0.166. The van der Waals surface area contributed by atoms with Gasteiger partial charge in [-0.2, -0.15) is 0 Å². The second kappa shape index (κ2) is 5.77. The molecule has 1 atom stereocenters. The van der Waals surface area contributed by atoms with Crippen LogP contribution in [0.5, 0.6) is 0 Å². The second-order valence-electron chi connectivity index (χ2n) is 3.85. The average molecular weight is 243 g/mol. The van der Waals surface area contributed by atoms with Gasteiger partial charge in [-0.15, -0.1) is 0 Å². The van der Waals surface area contributed by atoms with E-state index in [1.165, 1.54) is 6.33 Å². The van der Waals surface area contributed by atoms with Crippen LogP contribution < -0.4 is 5.32 Å². The first kappa shape index (κ1) is 12.9. The van der Waals surface area contributed by atoms with Gasteiger partial charge in [-0.05, 0) is 21.0 Å². The third-order valence-corrected chi connectivity index (χ3v) is 2.28. The van der Waals surface area contributed by atoms with Gasteiger partial charge in [0, 0.05) is 12.6 Å². The molecule has 1 aromatic rings. The Morgan fingerprint density at radius 3 is 2.81 bits per heavy atom. The van der Waals surface area contributed by atoms with Gasteiger partial charge < -0.3 is 10.2 Å². The van der Waals surface area contributed by atoms with Gasteiger partial charge in [-0.25, -0.2) is 9.97 Å². The number of hydrogen-bond donors (Lipinski definition) is 1. The smallest absolute Gasteiger partial charge is 0.156 e. The summed E-state index contributed by atoms with van der Waals surface area (Å²) in [5.74, 6) is 0.476. The first-order chi connectivity index (χ1) is 7.54. The quantitative estimate of drug-likeness (QED) is 0.623. The van der Waals surface area contributed by atoms with E-state index in [4.69, 9.17) is 11.6 Å². The zero-order valence-corrected chi connectivity index (χ0v) is 10.3.